The van der Waals surface area contributed by atoms with Crippen LogP contribution in [-0.4, -0.2) is 22.7 Å². The van der Waals surface area contributed by atoms with Crippen molar-refractivity contribution in [2.24, 2.45) is 5.73 Å². The van der Waals surface area contributed by atoms with E-state index in [1.54, 1.807) is 0 Å². The van der Waals surface area contributed by atoms with Gasteiger partial charge < -0.3 is 10.8 Å². The van der Waals surface area contributed by atoms with Crippen molar-refractivity contribution in [3.8, 4) is 0 Å². The van der Waals surface area contributed by atoms with Crippen LogP contribution in [0.25, 0.3) is 0 Å². The van der Waals surface area contributed by atoms with Gasteiger partial charge in [0.25, 0.3) is 0 Å². The lowest BCUT2D eigenvalue weighted by atomic mass is 10.1. The fraction of sp³-hybridized carbons (Fsp3) is 0.400. The van der Waals surface area contributed by atoms with Gasteiger partial charge in [-0.1, -0.05) is 0 Å². The molecule has 114 valence electrons. The molecule has 1 aromatic rings. The second-order valence-corrected chi connectivity index (χ2v) is 5.90. The number of benzene rings is 1. The molecule has 0 amide bonds. The van der Waals surface area contributed by atoms with Crippen LogP contribution in [0, 0.1) is 0 Å². The van der Waals surface area contributed by atoms with Crippen molar-refractivity contribution < 1.29 is 31.4 Å². The third kappa shape index (κ3) is 6.25. The molecule has 2 nitrogen and oxygen atoms in total. The molecule has 0 heterocycles. The molecule has 0 aromatic heterocycles. The Hall–Kier alpha value is -0.580. The third-order valence-electron chi connectivity index (χ3n) is 1.99. The Kier molecular flexibility index (Phi) is 5.64. The molecule has 10 heteroatoms. The van der Waals surface area contributed by atoms with Gasteiger partial charge in [-0.25, -0.2) is 0 Å². The molecule has 0 fully saturated rings. The molecule has 0 aliphatic heterocycles. The molecule has 0 saturated heterocycles. The summed E-state index contributed by atoms with van der Waals surface area (Å²) in [6.45, 7) is -0.587. The maximum Gasteiger partial charge on any atom is 0.446 e. The Labute approximate surface area is 118 Å². The molecule has 0 aliphatic carbocycles. The van der Waals surface area contributed by atoms with Gasteiger partial charge >= 0.3 is 11.0 Å². The smallest absolute Gasteiger partial charge is 0.394 e. The minimum atomic E-state index is -4.62. The molecule has 1 unspecified atom stereocenters. The third-order valence-corrected chi connectivity index (χ3v) is 3.40. The molecule has 3 N–H and O–H groups in total. The molecule has 0 saturated carbocycles. The molecular formula is C10H9F6NOS2. The van der Waals surface area contributed by atoms with Crippen LogP contribution >= 0.6 is 23.5 Å². The number of aliphatic hydroxyl groups excluding tert-OH is 1. The maximum atomic E-state index is 12.3. The summed E-state index contributed by atoms with van der Waals surface area (Å²) in [5, 5.41) is 8.85. The summed E-state index contributed by atoms with van der Waals surface area (Å²) in [7, 11) is 0. The summed E-state index contributed by atoms with van der Waals surface area (Å²) < 4.78 is 73.7. The number of nitrogens with two attached hydrogens (primary N) is 1. The van der Waals surface area contributed by atoms with Crippen molar-refractivity contribution in [1.29, 1.82) is 0 Å². The van der Waals surface area contributed by atoms with Crippen LogP contribution in [0.3, 0.4) is 0 Å². The summed E-state index contributed by atoms with van der Waals surface area (Å²) in [4.78, 5) is -0.823. The zero-order valence-electron chi connectivity index (χ0n) is 9.63. The van der Waals surface area contributed by atoms with Crippen LogP contribution in [0.1, 0.15) is 11.6 Å². The molecule has 20 heavy (non-hydrogen) atoms. The standard InChI is InChI=1S/C10H9F6NOS2/c11-9(12,13)19-6-1-5(8(17)4-18)2-7(3-6)20-10(14,15)16/h1-3,8,18H,4,17H2. The lowest BCUT2D eigenvalue weighted by Crippen LogP contribution is -2.15. The predicted molar refractivity (Wildman–Crippen MR) is 64.3 cm³/mol. The average molecular weight is 337 g/mol. The summed E-state index contributed by atoms with van der Waals surface area (Å²) >= 11 is -1.07. The van der Waals surface area contributed by atoms with Crippen LogP contribution in [0.2, 0.25) is 0 Å². The zero-order chi connectivity index (χ0) is 15.6. The molecule has 0 spiro atoms. The van der Waals surface area contributed by atoms with Gasteiger partial charge in [0.05, 0.1) is 12.6 Å². The number of halogens is 6. The molecule has 0 aliphatic rings. The topological polar surface area (TPSA) is 46.2 Å². The number of rotatable bonds is 4. The van der Waals surface area contributed by atoms with Gasteiger partial charge in [0, 0.05) is 9.79 Å². The zero-order valence-corrected chi connectivity index (χ0v) is 11.3. The van der Waals surface area contributed by atoms with E-state index in [4.69, 9.17) is 10.8 Å². The SMILES string of the molecule is NC(CO)c1cc(SC(F)(F)F)cc(SC(F)(F)F)c1. The minimum absolute atomic E-state index is 0.00787. The fourth-order valence-electron chi connectivity index (χ4n) is 1.30. The Morgan fingerprint density at radius 1 is 0.950 bits per heavy atom. The molecule has 1 aromatic carbocycles. The van der Waals surface area contributed by atoms with Crippen molar-refractivity contribution in [3.05, 3.63) is 23.8 Å². The van der Waals surface area contributed by atoms with Crippen LogP contribution in [0.4, 0.5) is 26.3 Å². The van der Waals surface area contributed by atoms with Crippen LogP contribution < -0.4 is 5.73 Å². The van der Waals surface area contributed by atoms with Crippen molar-refractivity contribution in [1.82, 2.24) is 0 Å². The number of hydrogen-bond donors (Lipinski definition) is 2. The van der Waals surface area contributed by atoms with E-state index < -0.39 is 57.0 Å². The molecular weight excluding hydrogens is 328 g/mol. The van der Waals surface area contributed by atoms with E-state index in [0.717, 1.165) is 18.2 Å². The van der Waals surface area contributed by atoms with Gasteiger partial charge in [-0.05, 0) is 47.3 Å². The van der Waals surface area contributed by atoms with E-state index in [1.165, 1.54) is 0 Å². The van der Waals surface area contributed by atoms with Gasteiger partial charge in [0.15, 0.2) is 0 Å². The highest BCUT2D eigenvalue weighted by atomic mass is 32.2. The first-order valence-corrected chi connectivity index (χ1v) is 6.66. The summed E-state index contributed by atoms with van der Waals surface area (Å²) in [6.07, 6.45) is 0. The summed E-state index contributed by atoms with van der Waals surface area (Å²) in [6, 6.07) is 1.76. The van der Waals surface area contributed by atoms with Crippen LogP contribution in [0.15, 0.2) is 28.0 Å². The van der Waals surface area contributed by atoms with Crippen molar-refractivity contribution in [2.75, 3.05) is 6.61 Å². The van der Waals surface area contributed by atoms with Crippen molar-refractivity contribution >= 4 is 23.5 Å². The van der Waals surface area contributed by atoms with Crippen LogP contribution in [-0.2, 0) is 0 Å². The van der Waals surface area contributed by atoms with Crippen LogP contribution in [0.5, 0.6) is 0 Å². The van der Waals surface area contributed by atoms with E-state index in [2.05, 4.69) is 0 Å². The second-order valence-electron chi connectivity index (χ2n) is 3.62. The maximum absolute atomic E-state index is 12.3. The number of thioether (sulfide) groups is 2. The van der Waals surface area contributed by atoms with Gasteiger partial charge in [-0.3, -0.25) is 0 Å². The normalized spacial score (nSPS) is 14.4. The van der Waals surface area contributed by atoms with E-state index in [0.29, 0.717) is 0 Å². The molecule has 0 bridgehead atoms. The molecule has 1 rings (SSSR count). The van der Waals surface area contributed by atoms with Gasteiger partial charge in [0.1, 0.15) is 0 Å². The molecule has 1 atom stereocenters. The first kappa shape index (κ1) is 17.5. The lowest BCUT2D eigenvalue weighted by molar-refractivity contribution is -0.0334. The summed E-state index contributed by atoms with van der Waals surface area (Å²) in [5.74, 6) is 0. The monoisotopic (exact) mass is 337 g/mol. The second kappa shape index (κ2) is 6.46. The quantitative estimate of drug-likeness (QED) is 0.646. The first-order chi connectivity index (χ1) is 9.00. The van der Waals surface area contributed by atoms with E-state index >= 15 is 0 Å². The van der Waals surface area contributed by atoms with Crippen molar-refractivity contribution in [2.45, 2.75) is 26.8 Å². The van der Waals surface area contributed by atoms with E-state index in [-0.39, 0.29) is 5.56 Å². The van der Waals surface area contributed by atoms with E-state index in [1.807, 2.05) is 0 Å². The number of alkyl halides is 6. The van der Waals surface area contributed by atoms with Gasteiger partial charge in [-0.15, -0.1) is 0 Å². The average Bonchev–Trinajstić information content (AvgIpc) is 2.22. The highest BCUT2D eigenvalue weighted by molar-refractivity contribution is 8.01. The fourth-order valence-corrected chi connectivity index (χ4v) is 2.67. The minimum Gasteiger partial charge on any atom is -0.394 e. The number of aliphatic hydroxyl groups is 1. The highest BCUT2D eigenvalue weighted by Crippen LogP contribution is 2.42. The van der Waals surface area contributed by atoms with Gasteiger partial charge in [-0.2, -0.15) is 26.3 Å². The summed E-state index contributed by atoms with van der Waals surface area (Å²) in [5.41, 5.74) is -3.81. The number of hydrogen-bond acceptors (Lipinski definition) is 4. The van der Waals surface area contributed by atoms with E-state index in [9.17, 15) is 26.3 Å². The first-order valence-electron chi connectivity index (χ1n) is 5.03. The Morgan fingerprint density at radius 2 is 1.35 bits per heavy atom. The van der Waals surface area contributed by atoms with Gasteiger partial charge in [0.2, 0.25) is 0 Å². The Balaban J connectivity index is 3.14. The highest BCUT2D eigenvalue weighted by Gasteiger charge is 2.32. The molecule has 0 radical (unpaired) electrons. The largest absolute Gasteiger partial charge is 0.446 e. The lowest BCUT2D eigenvalue weighted by Gasteiger charge is -2.14. The predicted octanol–water partition coefficient (Wildman–Crippen LogP) is 3.90. The Bertz CT molecular complexity index is 428. The van der Waals surface area contributed by atoms with Crippen molar-refractivity contribution in [3.63, 3.8) is 0 Å². The Morgan fingerprint density at radius 3 is 1.65 bits per heavy atom.